The first kappa shape index (κ1) is 15.6. The number of ether oxygens (including phenoxy) is 1. The highest BCUT2D eigenvalue weighted by molar-refractivity contribution is 5.87. The first-order valence-electron chi connectivity index (χ1n) is 7.21. The van der Waals surface area contributed by atoms with E-state index in [1.807, 2.05) is 30.3 Å². The van der Waals surface area contributed by atoms with Crippen LogP contribution in [-0.4, -0.2) is 28.0 Å². The normalized spacial score (nSPS) is 10.4. The second-order valence-corrected chi connectivity index (χ2v) is 4.97. The van der Waals surface area contributed by atoms with Gasteiger partial charge < -0.3 is 15.5 Å². The molecule has 0 aliphatic carbocycles. The molecule has 3 rings (SSSR count). The number of benzene rings is 1. The summed E-state index contributed by atoms with van der Waals surface area (Å²) in [7, 11) is 1.29. The third kappa shape index (κ3) is 3.23. The van der Waals surface area contributed by atoms with E-state index in [2.05, 4.69) is 30.4 Å². The molecular formula is C16H16N6O2. The van der Waals surface area contributed by atoms with Crippen molar-refractivity contribution >= 4 is 28.5 Å². The van der Waals surface area contributed by atoms with Gasteiger partial charge >= 0.3 is 5.97 Å². The van der Waals surface area contributed by atoms with Crippen LogP contribution in [0.4, 0.5) is 11.6 Å². The summed E-state index contributed by atoms with van der Waals surface area (Å²) in [6.07, 6.45) is 3.06. The highest BCUT2D eigenvalue weighted by Crippen LogP contribution is 2.18. The molecule has 0 unspecified atom stereocenters. The fraction of sp³-hybridized carbons (Fsp3) is 0.125. The number of anilines is 2. The summed E-state index contributed by atoms with van der Waals surface area (Å²) in [5, 5.41) is 4.17. The lowest BCUT2D eigenvalue weighted by atomic mass is 10.1. The number of methoxy groups -OCH3 is 1. The lowest BCUT2D eigenvalue weighted by Gasteiger charge is -2.11. The summed E-state index contributed by atoms with van der Waals surface area (Å²) in [6.45, 7) is 0.485. The number of hydrazine groups is 1. The fourth-order valence-corrected chi connectivity index (χ4v) is 2.24. The highest BCUT2D eigenvalue weighted by atomic mass is 16.5. The van der Waals surface area contributed by atoms with Crippen molar-refractivity contribution in [2.24, 2.45) is 5.84 Å². The molecule has 8 nitrogen and oxygen atoms in total. The molecule has 4 N–H and O–H groups in total. The highest BCUT2D eigenvalue weighted by Gasteiger charge is 2.12. The van der Waals surface area contributed by atoms with Gasteiger partial charge in [-0.15, -0.1) is 0 Å². The molecule has 0 fully saturated rings. The van der Waals surface area contributed by atoms with Crippen LogP contribution in [0.15, 0.2) is 42.7 Å². The summed E-state index contributed by atoms with van der Waals surface area (Å²) in [5.41, 5.74) is 4.51. The zero-order valence-electron chi connectivity index (χ0n) is 13.0. The van der Waals surface area contributed by atoms with Crippen LogP contribution < -0.4 is 16.6 Å². The molecule has 0 radical (unpaired) electrons. The summed E-state index contributed by atoms with van der Waals surface area (Å²) < 4.78 is 4.65. The molecule has 0 bridgehead atoms. The van der Waals surface area contributed by atoms with Crippen molar-refractivity contribution in [3.8, 4) is 0 Å². The van der Waals surface area contributed by atoms with Crippen LogP contribution in [0.5, 0.6) is 0 Å². The maximum Gasteiger partial charge on any atom is 0.358 e. The molecular weight excluding hydrogens is 308 g/mol. The van der Waals surface area contributed by atoms with Crippen LogP contribution in [-0.2, 0) is 11.3 Å². The number of carbonyl (C=O) groups excluding carboxylic acids is 1. The Balaban J connectivity index is 1.82. The van der Waals surface area contributed by atoms with Crippen LogP contribution in [0.1, 0.15) is 16.1 Å². The van der Waals surface area contributed by atoms with E-state index in [4.69, 9.17) is 5.84 Å². The van der Waals surface area contributed by atoms with Crippen LogP contribution in [0.25, 0.3) is 10.9 Å². The number of pyridine rings is 1. The Labute approximate surface area is 138 Å². The van der Waals surface area contributed by atoms with Gasteiger partial charge in [-0.1, -0.05) is 12.1 Å². The fourth-order valence-electron chi connectivity index (χ4n) is 2.24. The number of nitrogens with two attached hydrogens (primary N) is 1. The van der Waals surface area contributed by atoms with Crippen molar-refractivity contribution < 1.29 is 9.53 Å². The zero-order valence-corrected chi connectivity index (χ0v) is 13.0. The van der Waals surface area contributed by atoms with Crippen LogP contribution in [0, 0.1) is 0 Å². The SMILES string of the molecule is COC(=O)c1cnc(NN)c(NCc2ccc3ncccc3c2)n1. The number of hydrogen-bond donors (Lipinski definition) is 3. The summed E-state index contributed by atoms with van der Waals surface area (Å²) in [4.78, 5) is 24.1. The van der Waals surface area contributed by atoms with Gasteiger partial charge in [0.05, 0.1) is 18.8 Å². The Morgan fingerprint density at radius 1 is 1.25 bits per heavy atom. The quantitative estimate of drug-likeness (QED) is 0.369. The Kier molecular flexibility index (Phi) is 4.48. The zero-order chi connectivity index (χ0) is 16.9. The Morgan fingerprint density at radius 2 is 2.12 bits per heavy atom. The van der Waals surface area contributed by atoms with Crippen molar-refractivity contribution in [2.45, 2.75) is 6.54 Å². The predicted molar refractivity (Wildman–Crippen MR) is 90.3 cm³/mol. The van der Waals surface area contributed by atoms with E-state index in [0.717, 1.165) is 16.5 Å². The minimum Gasteiger partial charge on any atom is -0.464 e. The number of hydrogen-bond acceptors (Lipinski definition) is 8. The summed E-state index contributed by atoms with van der Waals surface area (Å²) >= 11 is 0. The molecule has 3 aromatic rings. The van der Waals surface area contributed by atoms with Gasteiger partial charge in [0.1, 0.15) is 0 Å². The van der Waals surface area contributed by atoms with Crippen LogP contribution in [0.2, 0.25) is 0 Å². The number of nitrogens with zero attached hydrogens (tertiary/aromatic N) is 3. The third-order valence-corrected chi connectivity index (χ3v) is 3.43. The minimum absolute atomic E-state index is 0.0988. The maximum absolute atomic E-state index is 11.6. The number of aromatic nitrogens is 3. The molecule has 0 saturated carbocycles. The number of rotatable bonds is 5. The molecule has 0 saturated heterocycles. The number of fused-ring (bicyclic) bond motifs is 1. The maximum atomic E-state index is 11.6. The Bertz CT molecular complexity index is 883. The van der Waals surface area contributed by atoms with E-state index in [9.17, 15) is 4.79 Å². The summed E-state index contributed by atoms with van der Waals surface area (Å²) in [5.74, 6) is 5.58. The first-order valence-corrected chi connectivity index (χ1v) is 7.21. The van der Waals surface area contributed by atoms with Gasteiger partial charge in [-0.2, -0.15) is 0 Å². The molecule has 0 spiro atoms. The molecule has 2 aromatic heterocycles. The van der Waals surface area contributed by atoms with Crippen molar-refractivity contribution in [1.29, 1.82) is 0 Å². The average Bonchev–Trinajstić information content (AvgIpc) is 2.65. The van der Waals surface area contributed by atoms with Gasteiger partial charge in [0, 0.05) is 18.1 Å². The van der Waals surface area contributed by atoms with Crippen molar-refractivity contribution in [1.82, 2.24) is 15.0 Å². The molecule has 0 aliphatic heterocycles. The largest absolute Gasteiger partial charge is 0.464 e. The van der Waals surface area contributed by atoms with E-state index < -0.39 is 5.97 Å². The van der Waals surface area contributed by atoms with Gasteiger partial charge in [-0.3, -0.25) is 4.98 Å². The number of nitrogen functional groups attached to an aromatic ring is 1. The molecule has 1 aromatic carbocycles. The Morgan fingerprint density at radius 3 is 2.92 bits per heavy atom. The van der Waals surface area contributed by atoms with Gasteiger partial charge in [-0.25, -0.2) is 20.6 Å². The lowest BCUT2D eigenvalue weighted by Crippen LogP contribution is -2.16. The van der Waals surface area contributed by atoms with Crippen LogP contribution >= 0.6 is 0 Å². The topological polar surface area (TPSA) is 115 Å². The van der Waals surface area contributed by atoms with Gasteiger partial charge in [0.2, 0.25) is 0 Å². The van der Waals surface area contributed by atoms with E-state index in [1.165, 1.54) is 13.3 Å². The Hall–Kier alpha value is -3.26. The van der Waals surface area contributed by atoms with E-state index in [1.54, 1.807) is 6.20 Å². The minimum atomic E-state index is -0.564. The van der Waals surface area contributed by atoms with Crippen molar-refractivity contribution in [3.63, 3.8) is 0 Å². The second-order valence-electron chi connectivity index (χ2n) is 4.97. The predicted octanol–water partition coefficient (Wildman–Crippen LogP) is 1.71. The van der Waals surface area contributed by atoms with Crippen molar-refractivity contribution in [2.75, 3.05) is 17.9 Å². The number of esters is 1. The van der Waals surface area contributed by atoms with Crippen molar-refractivity contribution in [3.05, 3.63) is 54.0 Å². The summed E-state index contributed by atoms with van der Waals surface area (Å²) in [6, 6.07) is 9.83. The number of nitrogens with one attached hydrogen (secondary N) is 2. The monoisotopic (exact) mass is 324 g/mol. The van der Waals surface area contributed by atoms with Crippen LogP contribution in [0.3, 0.4) is 0 Å². The van der Waals surface area contributed by atoms with Gasteiger partial charge in [0.15, 0.2) is 17.3 Å². The molecule has 24 heavy (non-hydrogen) atoms. The smallest absolute Gasteiger partial charge is 0.358 e. The standard InChI is InChI=1S/C16H16N6O2/c1-24-16(23)13-9-20-15(22-17)14(21-13)19-8-10-4-5-12-11(7-10)3-2-6-18-12/h2-7,9H,8,17H2,1H3,(H,19,21)(H,20,22). The van der Waals surface area contributed by atoms with E-state index in [-0.39, 0.29) is 5.69 Å². The number of carbonyl (C=O) groups is 1. The van der Waals surface area contributed by atoms with Gasteiger partial charge in [-0.05, 0) is 23.8 Å². The molecule has 0 aliphatic rings. The average molecular weight is 324 g/mol. The lowest BCUT2D eigenvalue weighted by molar-refractivity contribution is 0.0593. The molecule has 8 heteroatoms. The molecule has 0 amide bonds. The van der Waals surface area contributed by atoms with E-state index >= 15 is 0 Å². The molecule has 2 heterocycles. The molecule has 122 valence electrons. The van der Waals surface area contributed by atoms with E-state index in [0.29, 0.717) is 18.2 Å². The second kappa shape index (κ2) is 6.88. The molecule has 0 atom stereocenters. The van der Waals surface area contributed by atoms with Gasteiger partial charge in [0.25, 0.3) is 0 Å². The first-order chi connectivity index (χ1) is 11.7. The third-order valence-electron chi connectivity index (χ3n) is 3.43.